The predicted octanol–water partition coefficient (Wildman–Crippen LogP) is 3.33. The Morgan fingerprint density at radius 2 is 2.00 bits per heavy atom. The minimum absolute atomic E-state index is 0.0235. The van der Waals surface area contributed by atoms with E-state index in [-0.39, 0.29) is 18.3 Å². The van der Waals surface area contributed by atoms with E-state index in [1.165, 1.54) is 18.2 Å². The summed E-state index contributed by atoms with van der Waals surface area (Å²) in [7, 11) is 0. The number of halogens is 3. The van der Waals surface area contributed by atoms with Crippen molar-refractivity contribution in [3.8, 4) is 0 Å². The number of ether oxygens (including phenoxy) is 1. The number of para-hydroxylation sites is 1. The highest BCUT2D eigenvalue weighted by molar-refractivity contribution is 5.93. The number of likely N-dealkylation sites (tertiary alicyclic amines) is 1. The highest BCUT2D eigenvalue weighted by Crippen LogP contribution is 2.34. The molecule has 2 aromatic rings. The summed E-state index contributed by atoms with van der Waals surface area (Å²) in [4.78, 5) is 18.2. The van der Waals surface area contributed by atoms with Gasteiger partial charge in [0.15, 0.2) is 0 Å². The number of alkyl halides is 3. The maximum atomic E-state index is 13.0. The zero-order chi connectivity index (χ0) is 19.3. The van der Waals surface area contributed by atoms with Crippen LogP contribution in [0.3, 0.4) is 0 Å². The van der Waals surface area contributed by atoms with E-state index in [1.54, 1.807) is 6.20 Å². The molecule has 0 spiro atoms. The van der Waals surface area contributed by atoms with Crippen LogP contribution in [0.25, 0.3) is 0 Å². The van der Waals surface area contributed by atoms with Gasteiger partial charge in [-0.15, -0.1) is 0 Å². The lowest BCUT2D eigenvalue weighted by Gasteiger charge is -2.17. The third-order valence-electron chi connectivity index (χ3n) is 4.30. The molecular weight excluding hydrogens is 359 g/mol. The number of amides is 1. The third-order valence-corrected chi connectivity index (χ3v) is 4.30. The number of benzene rings is 1. The maximum Gasteiger partial charge on any atom is 0.418 e. The molecule has 8 heteroatoms. The molecule has 1 N–H and O–H groups in total. The fourth-order valence-electron chi connectivity index (χ4n) is 3.00. The van der Waals surface area contributed by atoms with E-state index < -0.39 is 17.6 Å². The Hall–Kier alpha value is -2.45. The molecule has 0 unspecified atom stereocenters. The Balaban J connectivity index is 1.48. The molecule has 2 heterocycles. The van der Waals surface area contributed by atoms with E-state index in [2.05, 4.69) is 10.3 Å². The van der Waals surface area contributed by atoms with E-state index in [0.29, 0.717) is 19.7 Å². The van der Waals surface area contributed by atoms with Crippen LogP contribution in [0.1, 0.15) is 17.7 Å². The number of hydrogen-bond acceptors (Lipinski definition) is 4. The van der Waals surface area contributed by atoms with Gasteiger partial charge in [0, 0.05) is 19.3 Å². The summed E-state index contributed by atoms with van der Waals surface area (Å²) in [6.45, 7) is 1.63. The van der Waals surface area contributed by atoms with Gasteiger partial charge >= 0.3 is 6.18 Å². The molecule has 27 heavy (non-hydrogen) atoms. The normalized spacial score (nSPS) is 17.8. The van der Waals surface area contributed by atoms with Gasteiger partial charge in [-0.3, -0.25) is 14.7 Å². The Morgan fingerprint density at radius 1 is 1.22 bits per heavy atom. The van der Waals surface area contributed by atoms with E-state index >= 15 is 0 Å². The number of hydrogen-bond donors (Lipinski definition) is 1. The van der Waals surface area contributed by atoms with Gasteiger partial charge in [0.25, 0.3) is 0 Å². The van der Waals surface area contributed by atoms with Crippen molar-refractivity contribution in [1.82, 2.24) is 9.88 Å². The Morgan fingerprint density at radius 3 is 2.74 bits per heavy atom. The van der Waals surface area contributed by atoms with Gasteiger partial charge in [0.2, 0.25) is 5.91 Å². The number of nitrogens with one attached hydrogen (secondary N) is 1. The van der Waals surface area contributed by atoms with Crippen molar-refractivity contribution in [2.75, 3.05) is 25.0 Å². The van der Waals surface area contributed by atoms with Crippen molar-refractivity contribution in [1.29, 1.82) is 0 Å². The number of carbonyl (C=O) groups is 1. The second kappa shape index (κ2) is 8.49. The van der Waals surface area contributed by atoms with Crippen molar-refractivity contribution in [3.63, 3.8) is 0 Å². The van der Waals surface area contributed by atoms with Crippen LogP contribution < -0.4 is 5.32 Å². The third kappa shape index (κ3) is 5.51. The minimum atomic E-state index is -4.51. The minimum Gasteiger partial charge on any atom is -0.371 e. The molecular formula is C19H20F3N3O2. The maximum absolute atomic E-state index is 13.0. The topological polar surface area (TPSA) is 54.5 Å². The van der Waals surface area contributed by atoms with Gasteiger partial charge < -0.3 is 10.1 Å². The first-order chi connectivity index (χ1) is 12.9. The van der Waals surface area contributed by atoms with E-state index in [9.17, 15) is 18.0 Å². The monoisotopic (exact) mass is 379 g/mol. The summed E-state index contributed by atoms with van der Waals surface area (Å²) in [5.41, 5.74) is -0.244. The SMILES string of the molecule is O=C(CN1CC[C@@H](OCc2ccccn2)C1)Nc1ccccc1C(F)(F)F. The lowest BCUT2D eigenvalue weighted by atomic mass is 10.1. The number of aromatic nitrogens is 1. The van der Waals surface area contributed by atoms with E-state index in [4.69, 9.17) is 4.74 Å². The quantitative estimate of drug-likeness (QED) is 0.837. The standard InChI is InChI=1S/C19H20F3N3O2/c20-19(21,22)16-6-1-2-7-17(16)24-18(26)12-25-10-8-15(11-25)27-13-14-5-3-4-9-23-14/h1-7,9,15H,8,10-13H2,(H,24,26)/t15-/m1/s1. The van der Waals surface area contributed by atoms with E-state index in [0.717, 1.165) is 18.2 Å². The first kappa shape index (κ1) is 19.3. The first-order valence-corrected chi connectivity index (χ1v) is 8.62. The van der Waals surface area contributed by atoms with Crippen molar-refractivity contribution in [2.45, 2.75) is 25.3 Å². The molecule has 1 aliphatic heterocycles. The summed E-state index contributed by atoms with van der Waals surface area (Å²) in [6, 6.07) is 10.5. The number of anilines is 1. The number of rotatable bonds is 6. The van der Waals surface area contributed by atoms with Crippen molar-refractivity contribution in [2.24, 2.45) is 0 Å². The zero-order valence-corrected chi connectivity index (χ0v) is 14.6. The molecule has 5 nitrogen and oxygen atoms in total. The second-order valence-corrected chi connectivity index (χ2v) is 6.37. The van der Waals surface area contributed by atoms with Crippen LogP contribution in [-0.2, 0) is 22.3 Å². The number of nitrogens with zero attached hydrogens (tertiary/aromatic N) is 2. The van der Waals surface area contributed by atoms with E-state index in [1.807, 2.05) is 23.1 Å². The lowest BCUT2D eigenvalue weighted by molar-refractivity contribution is -0.137. The average molecular weight is 379 g/mol. The average Bonchev–Trinajstić information content (AvgIpc) is 3.07. The van der Waals surface area contributed by atoms with Crippen LogP contribution in [0.4, 0.5) is 18.9 Å². The number of carbonyl (C=O) groups excluding carboxylic acids is 1. The molecule has 1 saturated heterocycles. The summed E-state index contributed by atoms with van der Waals surface area (Å²) >= 11 is 0. The van der Waals surface area contributed by atoms with Crippen LogP contribution in [0, 0.1) is 0 Å². The van der Waals surface area contributed by atoms with Gasteiger partial charge in [0.1, 0.15) is 0 Å². The smallest absolute Gasteiger partial charge is 0.371 e. The molecule has 0 radical (unpaired) electrons. The fourth-order valence-corrected chi connectivity index (χ4v) is 3.00. The van der Waals surface area contributed by atoms with Crippen molar-refractivity contribution in [3.05, 3.63) is 59.9 Å². The molecule has 1 atom stereocenters. The molecule has 1 aliphatic rings. The molecule has 1 fully saturated rings. The first-order valence-electron chi connectivity index (χ1n) is 8.62. The summed E-state index contributed by atoms with van der Waals surface area (Å²) < 4.78 is 44.8. The second-order valence-electron chi connectivity index (χ2n) is 6.37. The van der Waals surface area contributed by atoms with Gasteiger partial charge in [-0.2, -0.15) is 13.2 Å². The highest BCUT2D eigenvalue weighted by atomic mass is 19.4. The summed E-state index contributed by atoms with van der Waals surface area (Å²) in [6.07, 6.45) is -2.08. The van der Waals surface area contributed by atoms with Crippen LogP contribution >= 0.6 is 0 Å². The lowest BCUT2D eigenvalue weighted by Crippen LogP contribution is -2.33. The van der Waals surface area contributed by atoms with Gasteiger partial charge in [-0.25, -0.2) is 0 Å². The molecule has 3 rings (SSSR count). The van der Waals surface area contributed by atoms with Crippen molar-refractivity contribution < 1.29 is 22.7 Å². The Labute approximate surface area is 155 Å². The Bertz CT molecular complexity index is 768. The largest absolute Gasteiger partial charge is 0.418 e. The molecule has 0 aliphatic carbocycles. The molecule has 1 amide bonds. The van der Waals surface area contributed by atoms with Crippen LogP contribution in [0.5, 0.6) is 0 Å². The van der Waals surface area contributed by atoms with Crippen LogP contribution in [-0.4, -0.2) is 41.5 Å². The predicted molar refractivity (Wildman–Crippen MR) is 93.9 cm³/mol. The van der Waals surface area contributed by atoms with Crippen molar-refractivity contribution >= 4 is 11.6 Å². The van der Waals surface area contributed by atoms with Gasteiger partial charge in [-0.1, -0.05) is 18.2 Å². The molecule has 0 bridgehead atoms. The summed E-state index contributed by atoms with van der Waals surface area (Å²) in [5.74, 6) is -0.475. The highest BCUT2D eigenvalue weighted by Gasteiger charge is 2.33. The molecule has 144 valence electrons. The Kier molecular flexibility index (Phi) is 6.08. The molecule has 0 saturated carbocycles. The molecule has 1 aromatic heterocycles. The van der Waals surface area contributed by atoms with Crippen LogP contribution in [0.2, 0.25) is 0 Å². The summed E-state index contributed by atoms with van der Waals surface area (Å²) in [5, 5.41) is 2.37. The zero-order valence-electron chi connectivity index (χ0n) is 14.6. The van der Waals surface area contributed by atoms with Gasteiger partial charge in [0.05, 0.1) is 36.2 Å². The number of pyridine rings is 1. The van der Waals surface area contributed by atoms with Crippen LogP contribution in [0.15, 0.2) is 48.7 Å². The fraction of sp³-hybridized carbons (Fsp3) is 0.368. The molecule has 1 aromatic carbocycles. The van der Waals surface area contributed by atoms with Gasteiger partial charge in [-0.05, 0) is 30.7 Å².